The van der Waals surface area contributed by atoms with Crippen LogP contribution in [-0.2, 0) is 6.42 Å². The number of hydrogen-bond acceptors (Lipinski definition) is 2. The normalized spacial score (nSPS) is 23.8. The van der Waals surface area contributed by atoms with Crippen LogP contribution in [-0.4, -0.2) is 23.0 Å². The highest BCUT2D eigenvalue weighted by Crippen LogP contribution is 2.36. The molecule has 0 radical (unpaired) electrons. The third kappa shape index (κ3) is 4.09. The van der Waals surface area contributed by atoms with E-state index in [0.29, 0.717) is 18.1 Å². The van der Waals surface area contributed by atoms with Crippen LogP contribution in [0.25, 0.3) is 10.9 Å². The molecular formula is C25H35N3O. The monoisotopic (exact) mass is 393 g/mol. The van der Waals surface area contributed by atoms with Gasteiger partial charge in [-0.1, -0.05) is 38.5 Å². The summed E-state index contributed by atoms with van der Waals surface area (Å²) < 4.78 is 0. The number of aryl methyl sites for hydroxylation is 1. The van der Waals surface area contributed by atoms with Crippen molar-refractivity contribution in [2.24, 2.45) is 0 Å². The number of carbonyl (C=O) groups is 1. The van der Waals surface area contributed by atoms with Gasteiger partial charge in [-0.15, -0.1) is 0 Å². The molecule has 2 saturated carbocycles. The molecule has 156 valence electrons. The minimum Gasteiger partial charge on any atom is -0.357 e. The van der Waals surface area contributed by atoms with Crippen LogP contribution in [0.15, 0.2) is 18.2 Å². The van der Waals surface area contributed by atoms with E-state index in [1.54, 1.807) is 0 Å². The van der Waals surface area contributed by atoms with Crippen molar-refractivity contribution in [1.29, 1.82) is 0 Å². The molecule has 1 aromatic carbocycles. The van der Waals surface area contributed by atoms with Gasteiger partial charge in [0, 0.05) is 40.3 Å². The van der Waals surface area contributed by atoms with Gasteiger partial charge in [-0.05, 0) is 68.7 Å². The van der Waals surface area contributed by atoms with Crippen molar-refractivity contribution in [3.05, 3.63) is 35.0 Å². The number of hydrogen-bond donors (Lipinski definition) is 3. The zero-order valence-corrected chi connectivity index (χ0v) is 17.6. The van der Waals surface area contributed by atoms with Gasteiger partial charge >= 0.3 is 0 Å². The molecule has 1 unspecified atom stereocenters. The minimum atomic E-state index is 0.0986. The predicted molar refractivity (Wildman–Crippen MR) is 118 cm³/mol. The van der Waals surface area contributed by atoms with E-state index in [0.717, 1.165) is 24.8 Å². The van der Waals surface area contributed by atoms with Crippen LogP contribution in [0.2, 0.25) is 0 Å². The van der Waals surface area contributed by atoms with Gasteiger partial charge < -0.3 is 15.6 Å². The molecule has 3 aliphatic rings. The van der Waals surface area contributed by atoms with E-state index in [2.05, 4.69) is 27.8 Å². The molecule has 0 aliphatic heterocycles. The number of benzene rings is 1. The number of nitrogens with one attached hydrogen (secondary N) is 3. The molecule has 3 N–H and O–H groups in total. The van der Waals surface area contributed by atoms with Crippen LogP contribution < -0.4 is 10.6 Å². The second kappa shape index (κ2) is 8.51. The van der Waals surface area contributed by atoms with E-state index >= 15 is 0 Å². The summed E-state index contributed by atoms with van der Waals surface area (Å²) in [5.74, 6) is 0.0986. The number of amides is 1. The number of carbonyl (C=O) groups excluding carboxylic acids is 1. The summed E-state index contributed by atoms with van der Waals surface area (Å²) in [5, 5.41) is 8.49. The van der Waals surface area contributed by atoms with E-state index in [4.69, 9.17) is 0 Å². The number of aromatic nitrogens is 1. The lowest BCUT2D eigenvalue weighted by molar-refractivity contribution is 0.0928. The van der Waals surface area contributed by atoms with Crippen molar-refractivity contribution in [1.82, 2.24) is 15.6 Å². The first-order chi connectivity index (χ1) is 14.3. The Hall–Kier alpha value is -1.81. The Kier molecular flexibility index (Phi) is 5.63. The van der Waals surface area contributed by atoms with E-state index < -0.39 is 0 Å². The summed E-state index contributed by atoms with van der Waals surface area (Å²) in [5.41, 5.74) is 4.81. The zero-order valence-electron chi connectivity index (χ0n) is 17.6. The van der Waals surface area contributed by atoms with Gasteiger partial charge in [0.05, 0.1) is 0 Å². The molecule has 2 fully saturated rings. The topological polar surface area (TPSA) is 56.9 Å². The van der Waals surface area contributed by atoms with Crippen LogP contribution in [0, 0.1) is 0 Å². The highest BCUT2D eigenvalue weighted by Gasteiger charge is 2.27. The maximum Gasteiger partial charge on any atom is 0.251 e. The molecular weight excluding hydrogens is 358 g/mol. The average molecular weight is 394 g/mol. The Morgan fingerprint density at radius 1 is 0.862 bits per heavy atom. The Bertz CT molecular complexity index is 858. The number of aromatic amines is 1. The van der Waals surface area contributed by atoms with Gasteiger partial charge in [0.1, 0.15) is 0 Å². The van der Waals surface area contributed by atoms with Crippen molar-refractivity contribution in [3.8, 4) is 0 Å². The molecule has 29 heavy (non-hydrogen) atoms. The van der Waals surface area contributed by atoms with Gasteiger partial charge in [-0.2, -0.15) is 0 Å². The summed E-state index contributed by atoms with van der Waals surface area (Å²) >= 11 is 0. The Labute approximate surface area is 174 Å². The molecule has 0 bridgehead atoms. The highest BCUT2D eigenvalue weighted by molar-refractivity contribution is 5.99. The lowest BCUT2D eigenvalue weighted by Crippen LogP contribution is -2.36. The highest BCUT2D eigenvalue weighted by atomic mass is 16.1. The second-order valence-corrected chi connectivity index (χ2v) is 9.53. The average Bonchev–Trinajstić information content (AvgIpc) is 3.14. The van der Waals surface area contributed by atoms with Crippen molar-refractivity contribution in [2.75, 3.05) is 0 Å². The molecule has 1 heterocycles. The van der Waals surface area contributed by atoms with Crippen LogP contribution in [0.5, 0.6) is 0 Å². The van der Waals surface area contributed by atoms with Crippen LogP contribution >= 0.6 is 0 Å². The second-order valence-electron chi connectivity index (χ2n) is 9.53. The van der Waals surface area contributed by atoms with E-state index in [1.165, 1.54) is 86.4 Å². The Morgan fingerprint density at radius 2 is 1.59 bits per heavy atom. The van der Waals surface area contributed by atoms with Crippen LogP contribution in [0.3, 0.4) is 0 Å². The standard InChI is InChI=1S/C25H35N3O/c29-25(27-19-10-5-2-6-11-19)17-14-15-22-21(16-17)20-12-7-13-23(24(20)28-22)26-18-8-3-1-4-9-18/h14-16,18-19,23,26,28H,1-13H2,(H,27,29). The first kappa shape index (κ1) is 19.2. The molecule has 1 aromatic heterocycles. The molecule has 0 saturated heterocycles. The van der Waals surface area contributed by atoms with E-state index in [-0.39, 0.29) is 5.91 Å². The lowest BCUT2D eigenvalue weighted by atomic mass is 9.89. The van der Waals surface area contributed by atoms with Gasteiger partial charge in [-0.25, -0.2) is 0 Å². The maximum absolute atomic E-state index is 12.8. The maximum atomic E-state index is 12.8. The summed E-state index contributed by atoms with van der Waals surface area (Å²) in [6, 6.07) is 7.70. The summed E-state index contributed by atoms with van der Waals surface area (Å²) in [6.45, 7) is 0. The Morgan fingerprint density at radius 3 is 2.34 bits per heavy atom. The lowest BCUT2D eigenvalue weighted by Gasteiger charge is -2.31. The van der Waals surface area contributed by atoms with E-state index in [9.17, 15) is 4.79 Å². The molecule has 5 rings (SSSR count). The SMILES string of the molecule is O=C(NC1CCCCC1)c1ccc2[nH]c3c(c2c1)CCCC3NC1CCCCC1. The smallest absolute Gasteiger partial charge is 0.251 e. The first-order valence-electron chi connectivity index (χ1n) is 12.0. The largest absolute Gasteiger partial charge is 0.357 e. The van der Waals surface area contributed by atoms with Crippen LogP contribution in [0.1, 0.15) is 105 Å². The van der Waals surface area contributed by atoms with Crippen molar-refractivity contribution in [3.63, 3.8) is 0 Å². The van der Waals surface area contributed by atoms with Crippen LogP contribution in [0.4, 0.5) is 0 Å². The fraction of sp³-hybridized carbons (Fsp3) is 0.640. The van der Waals surface area contributed by atoms with Gasteiger partial charge in [-0.3, -0.25) is 4.79 Å². The third-order valence-electron chi connectivity index (χ3n) is 7.45. The quantitative estimate of drug-likeness (QED) is 0.640. The summed E-state index contributed by atoms with van der Waals surface area (Å²) in [7, 11) is 0. The molecule has 4 heteroatoms. The molecule has 0 spiro atoms. The molecule has 3 aliphatic carbocycles. The van der Waals surface area contributed by atoms with E-state index in [1.807, 2.05) is 6.07 Å². The van der Waals surface area contributed by atoms with Gasteiger partial charge in [0.15, 0.2) is 0 Å². The number of rotatable bonds is 4. The molecule has 4 nitrogen and oxygen atoms in total. The third-order valence-corrected chi connectivity index (χ3v) is 7.45. The fourth-order valence-corrected chi connectivity index (χ4v) is 5.84. The van der Waals surface area contributed by atoms with Gasteiger partial charge in [0.2, 0.25) is 0 Å². The van der Waals surface area contributed by atoms with Gasteiger partial charge in [0.25, 0.3) is 5.91 Å². The number of fused-ring (bicyclic) bond motifs is 3. The zero-order chi connectivity index (χ0) is 19.6. The first-order valence-corrected chi connectivity index (χ1v) is 12.0. The number of H-pyrrole nitrogens is 1. The van der Waals surface area contributed by atoms with Crippen molar-refractivity contribution < 1.29 is 4.79 Å². The summed E-state index contributed by atoms with van der Waals surface area (Å²) in [4.78, 5) is 16.5. The molecule has 2 aromatic rings. The molecule has 1 amide bonds. The van der Waals surface area contributed by atoms with Crippen molar-refractivity contribution >= 4 is 16.8 Å². The minimum absolute atomic E-state index is 0.0986. The summed E-state index contributed by atoms with van der Waals surface area (Å²) in [6.07, 6.45) is 16.4. The molecule has 1 atom stereocenters. The Balaban J connectivity index is 1.36. The van der Waals surface area contributed by atoms with Crippen molar-refractivity contribution in [2.45, 2.75) is 102 Å². The predicted octanol–water partition coefficient (Wildman–Crippen LogP) is 5.53. The fourth-order valence-electron chi connectivity index (χ4n) is 5.84.